The van der Waals surface area contributed by atoms with E-state index >= 15 is 0 Å². The molecule has 3 heterocycles. The fourth-order valence-corrected chi connectivity index (χ4v) is 3.03. The normalized spacial score (nSPS) is 18.1. The molecule has 1 fully saturated rings. The maximum Gasteiger partial charge on any atom is 0.139 e. The van der Waals surface area contributed by atoms with Gasteiger partial charge in [-0.15, -0.1) is 0 Å². The van der Waals surface area contributed by atoms with E-state index in [0.29, 0.717) is 6.04 Å². The Bertz CT molecular complexity index is 722. The molecule has 1 aliphatic rings. The van der Waals surface area contributed by atoms with Crippen molar-refractivity contribution in [2.75, 3.05) is 32.5 Å². The Morgan fingerprint density at radius 3 is 2.96 bits per heavy atom. The van der Waals surface area contributed by atoms with E-state index in [0.717, 1.165) is 53.8 Å². The number of anilines is 1. The van der Waals surface area contributed by atoms with Crippen LogP contribution >= 0.6 is 0 Å². The molecule has 122 valence electrons. The van der Waals surface area contributed by atoms with E-state index < -0.39 is 0 Å². The Morgan fingerprint density at radius 1 is 1.48 bits per heavy atom. The van der Waals surface area contributed by atoms with Crippen LogP contribution in [-0.2, 0) is 0 Å². The average Bonchev–Trinajstić information content (AvgIpc) is 3.05. The lowest BCUT2D eigenvalue weighted by Crippen LogP contribution is -2.32. The summed E-state index contributed by atoms with van der Waals surface area (Å²) in [5, 5.41) is 4.31. The van der Waals surface area contributed by atoms with Gasteiger partial charge in [0.05, 0.1) is 11.7 Å². The molecular formula is C17H24N6. The van der Waals surface area contributed by atoms with Crippen LogP contribution in [-0.4, -0.2) is 54.3 Å². The number of rotatable bonds is 4. The number of allylic oxidation sites excluding steroid dienone is 1. The molecular weight excluding hydrogens is 288 g/mol. The van der Waals surface area contributed by atoms with Gasteiger partial charge in [0, 0.05) is 48.4 Å². The van der Waals surface area contributed by atoms with Crippen molar-refractivity contribution in [3.8, 4) is 0 Å². The van der Waals surface area contributed by atoms with Crippen LogP contribution in [0.2, 0.25) is 0 Å². The number of piperidine rings is 1. The fourth-order valence-electron chi connectivity index (χ4n) is 3.03. The first kappa shape index (κ1) is 15.6. The third kappa shape index (κ3) is 3.22. The van der Waals surface area contributed by atoms with Crippen LogP contribution in [0.15, 0.2) is 29.7 Å². The summed E-state index contributed by atoms with van der Waals surface area (Å²) in [7, 11) is 4.07. The summed E-state index contributed by atoms with van der Waals surface area (Å²) in [4.78, 5) is 14.7. The highest BCUT2D eigenvalue weighted by atomic mass is 15.1. The summed E-state index contributed by atoms with van der Waals surface area (Å²) in [5.41, 5.74) is 9.60. The van der Waals surface area contributed by atoms with Gasteiger partial charge in [-0.2, -0.15) is 0 Å². The Balaban J connectivity index is 1.86. The van der Waals surface area contributed by atoms with Gasteiger partial charge in [0.25, 0.3) is 0 Å². The zero-order valence-electron chi connectivity index (χ0n) is 13.7. The molecule has 4 N–H and O–H groups in total. The molecule has 2 aromatic heterocycles. The standard InChI is InChI=1S/C17H24N6/c1-19-16-14-3-6-20-17(14)22-11-15(16)12(9-18)10-21-13-4-7-23(2)8-5-13/h3,6,9-11,13H,4-5,7-8,18H2,1-2H3,(H2,19,20,22). The highest BCUT2D eigenvalue weighted by Gasteiger charge is 2.16. The van der Waals surface area contributed by atoms with Gasteiger partial charge >= 0.3 is 0 Å². The number of nitrogens with two attached hydrogens (primary N) is 1. The lowest BCUT2D eigenvalue weighted by atomic mass is 10.0. The molecule has 0 bridgehead atoms. The van der Waals surface area contributed by atoms with Crippen LogP contribution in [0.1, 0.15) is 18.4 Å². The lowest BCUT2D eigenvalue weighted by Gasteiger charge is -2.26. The lowest BCUT2D eigenvalue weighted by molar-refractivity contribution is 0.257. The van der Waals surface area contributed by atoms with Gasteiger partial charge in [0.15, 0.2) is 0 Å². The molecule has 1 saturated heterocycles. The first-order valence-corrected chi connectivity index (χ1v) is 8.00. The third-order valence-corrected chi connectivity index (χ3v) is 4.44. The molecule has 0 aliphatic carbocycles. The van der Waals surface area contributed by atoms with Gasteiger partial charge in [-0.05, 0) is 39.0 Å². The predicted molar refractivity (Wildman–Crippen MR) is 96.8 cm³/mol. The van der Waals surface area contributed by atoms with Crippen molar-refractivity contribution >= 4 is 28.5 Å². The van der Waals surface area contributed by atoms with Gasteiger partial charge in [0.1, 0.15) is 5.65 Å². The molecule has 1 aliphatic heterocycles. The average molecular weight is 312 g/mol. The van der Waals surface area contributed by atoms with Crippen molar-refractivity contribution in [2.45, 2.75) is 18.9 Å². The van der Waals surface area contributed by atoms with Crippen molar-refractivity contribution in [3.05, 3.63) is 30.2 Å². The Labute approximate surface area is 136 Å². The van der Waals surface area contributed by atoms with E-state index in [1.54, 1.807) is 6.20 Å². The minimum atomic E-state index is 0.378. The summed E-state index contributed by atoms with van der Waals surface area (Å²) < 4.78 is 0. The second kappa shape index (κ2) is 6.83. The van der Waals surface area contributed by atoms with Gasteiger partial charge in [-0.25, -0.2) is 4.98 Å². The predicted octanol–water partition coefficient (Wildman–Crippen LogP) is 2.07. The number of hydrogen-bond donors (Lipinski definition) is 3. The van der Waals surface area contributed by atoms with Gasteiger partial charge in [0.2, 0.25) is 0 Å². The minimum absolute atomic E-state index is 0.378. The summed E-state index contributed by atoms with van der Waals surface area (Å²) in [5.74, 6) is 0. The summed E-state index contributed by atoms with van der Waals surface area (Å²) in [6, 6.07) is 2.39. The summed E-state index contributed by atoms with van der Waals surface area (Å²) >= 11 is 0. The summed E-state index contributed by atoms with van der Waals surface area (Å²) in [6.07, 6.45) is 9.42. The first-order chi connectivity index (χ1) is 11.2. The maximum absolute atomic E-state index is 5.86. The zero-order chi connectivity index (χ0) is 16.2. The highest BCUT2D eigenvalue weighted by molar-refractivity contribution is 6.14. The minimum Gasteiger partial charge on any atom is -0.404 e. The number of nitrogens with zero attached hydrogens (tertiary/aromatic N) is 3. The largest absolute Gasteiger partial charge is 0.404 e. The molecule has 23 heavy (non-hydrogen) atoms. The molecule has 0 spiro atoms. The zero-order valence-corrected chi connectivity index (χ0v) is 13.7. The van der Waals surface area contributed by atoms with Gasteiger partial charge in [-0.3, -0.25) is 4.99 Å². The number of fused-ring (bicyclic) bond motifs is 1. The topological polar surface area (TPSA) is 82.3 Å². The molecule has 0 unspecified atom stereocenters. The monoisotopic (exact) mass is 312 g/mol. The quantitative estimate of drug-likeness (QED) is 0.755. The Hall–Kier alpha value is -2.34. The van der Waals surface area contributed by atoms with Gasteiger partial charge < -0.3 is 20.9 Å². The van der Waals surface area contributed by atoms with E-state index in [4.69, 9.17) is 10.7 Å². The fraction of sp³-hybridized carbons (Fsp3) is 0.412. The molecule has 0 amide bonds. The Kier molecular flexibility index (Phi) is 4.62. The van der Waals surface area contributed by atoms with E-state index in [-0.39, 0.29) is 0 Å². The number of hydrogen-bond acceptors (Lipinski definition) is 5. The molecule has 6 heteroatoms. The van der Waals surface area contributed by atoms with Crippen molar-refractivity contribution in [2.24, 2.45) is 10.7 Å². The maximum atomic E-state index is 5.86. The van der Waals surface area contributed by atoms with Crippen LogP contribution in [0, 0.1) is 0 Å². The van der Waals surface area contributed by atoms with E-state index in [1.165, 1.54) is 0 Å². The second-order valence-corrected chi connectivity index (χ2v) is 5.97. The molecule has 0 radical (unpaired) electrons. The van der Waals surface area contributed by atoms with Crippen LogP contribution in [0.5, 0.6) is 0 Å². The number of H-pyrrole nitrogens is 1. The van der Waals surface area contributed by atoms with Gasteiger partial charge in [-0.1, -0.05) is 0 Å². The number of aromatic amines is 1. The number of pyridine rings is 1. The second-order valence-electron chi connectivity index (χ2n) is 5.97. The van der Waals surface area contributed by atoms with E-state index in [2.05, 4.69) is 27.2 Å². The molecule has 0 saturated carbocycles. The smallest absolute Gasteiger partial charge is 0.139 e. The van der Waals surface area contributed by atoms with E-state index in [9.17, 15) is 0 Å². The molecule has 2 aromatic rings. The molecule has 3 rings (SSSR count). The van der Waals surface area contributed by atoms with E-state index in [1.807, 2.05) is 31.7 Å². The number of likely N-dealkylation sites (tertiary alicyclic amines) is 1. The first-order valence-electron chi connectivity index (χ1n) is 8.00. The van der Waals surface area contributed by atoms with Crippen LogP contribution in [0.3, 0.4) is 0 Å². The SMILES string of the molecule is CNc1c(C(C=NC2CCN(C)CC2)=CN)cnc2[nH]ccc12. The third-order valence-electron chi connectivity index (χ3n) is 4.44. The highest BCUT2D eigenvalue weighted by Crippen LogP contribution is 2.29. The molecule has 6 nitrogen and oxygen atoms in total. The van der Waals surface area contributed by atoms with Crippen LogP contribution in [0.4, 0.5) is 5.69 Å². The van der Waals surface area contributed by atoms with Crippen molar-refractivity contribution in [1.82, 2.24) is 14.9 Å². The molecule has 0 atom stereocenters. The van der Waals surface area contributed by atoms with Crippen molar-refractivity contribution in [3.63, 3.8) is 0 Å². The Morgan fingerprint density at radius 2 is 2.26 bits per heavy atom. The van der Waals surface area contributed by atoms with Crippen LogP contribution < -0.4 is 11.1 Å². The number of aromatic nitrogens is 2. The number of nitrogens with one attached hydrogen (secondary N) is 2. The van der Waals surface area contributed by atoms with Crippen molar-refractivity contribution in [1.29, 1.82) is 0 Å². The number of aliphatic imine (C=N–C) groups is 1. The van der Waals surface area contributed by atoms with Crippen molar-refractivity contribution < 1.29 is 0 Å². The van der Waals surface area contributed by atoms with Crippen LogP contribution in [0.25, 0.3) is 16.6 Å². The molecule has 0 aromatic carbocycles. The summed E-state index contributed by atoms with van der Waals surface area (Å²) in [6.45, 7) is 2.20.